The molecule has 0 bridgehead atoms. The first kappa shape index (κ1) is 24.0. The quantitative estimate of drug-likeness (QED) is 0.226. The average Bonchev–Trinajstić information content (AvgIpc) is 3.10. The van der Waals surface area contributed by atoms with Crippen LogP contribution in [0.1, 0.15) is 22.3 Å². The fourth-order valence-corrected chi connectivity index (χ4v) is 4.48. The fraction of sp³-hybridized carbons (Fsp3) is 0.154. The van der Waals surface area contributed by atoms with Crippen LogP contribution in [0.5, 0.6) is 11.5 Å². The number of thioether (sulfide) groups is 1. The Balaban J connectivity index is 1.50. The zero-order valence-corrected chi connectivity index (χ0v) is 19.9. The SMILES string of the molecule is COc1cc(/C=C2\SC(=O)N(Cc3cccc(C)c3)C2=O)ccc1OCc1ccccc1[N+](=O)[O-]. The molecule has 0 aromatic heterocycles. The molecule has 2 amide bonds. The summed E-state index contributed by atoms with van der Waals surface area (Å²) in [4.78, 5) is 37.7. The molecule has 4 rings (SSSR count). The predicted molar refractivity (Wildman–Crippen MR) is 133 cm³/mol. The van der Waals surface area contributed by atoms with Gasteiger partial charge in [-0.2, -0.15) is 0 Å². The van der Waals surface area contributed by atoms with E-state index >= 15 is 0 Å². The highest BCUT2D eigenvalue weighted by Gasteiger charge is 2.35. The summed E-state index contributed by atoms with van der Waals surface area (Å²) in [6, 6.07) is 19.1. The molecule has 0 N–H and O–H groups in total. The molecule has 1 aliphatic rings. The van der Waals surface area contributed by atoms with Crippen LogP contribution in [-0.2, 0) is 17.9 Å². The van der Waals surface area contributed by atoms with Crippen LogP contribution in [0.2, 0.25) is 0 Å². The normalized spacial score (nSPS) is 14.5. The van der Waals surface area contributed by atoms with Gasteiger partial charge < -0.3 is 9.47 Å². The highest BCUT2D eigenvalue weighted by atomic mass is 32.2. The van der Waals surface area contributed by atoms with Crippen LogP contribution in [0.15, 0.2) is 71.6 Å². The van der Waals surface area contributed by atoms with Crippen molar-refractivity contribution in [1.29, 1.82) is 0 Å². The molecule has 178 valence electrons. The van der Waals surface area contributed by atoms with Crippen LogP contribution in [0.4, 0.5) is 10.5 Å². The number of nitro benzene ring substituents is 1. The third kappa shape index (κ3) is 5.52. The fourth-order valence-electron chi connectivity index (χ4n) is 3.64. The zero-order valence-electron chi connectivity index (χ0n) is 19.1. The molecule has 0 spiro atoms. The van der Waals surface area contributed by atoms with Crippen molar-refractivity contribution in [3.63, 3.8) is 0 Å². The van der Waals surface area contributed by atoms with E-state index in [0.717, 1.165) is 22.9 Å². The van der Waals surface area contributed by atoms with Crippen LogP contribution >= 0.6 is 11.8 Å². The van der Waals surface area contributed by atoms with Crippen molar-refractivity contribution in [3.8, 4) is 11.5 Å². The van der Waals surface area contributed by atoms with Gasteiger partial charge in [0, 0.05) is 6.07 Å². The van der Waals surface area contributed by atoms with E-state index in [1.807, 2.05) is 31.2 Å². The van der Waals surface area contributed by atoms with Gasteiger partial charge in [0.15, 0.2) is 11.5 Å². The Hall–Kier alpha value is -4.11. The molecule has 0 unspecified atom stereocenters. The van der Waals surface area contributed by atoms with Gasteiger partial charge in [0.2, 0.25) is 0 Å². The molecular formula is C26H22N2O6S. The summed E-state index contributed by atoms with van der Waals surface area (Å²) in [7, 11) is 1.48. The van der Waals surface area contributed by atoms with Crippen molar-refractivity contribution >= 4 is 34.7 Å². The molecule has 3 aromatic carbocycles. The van der Waals surface area contributed by atoms with Gasteiger partial charge in [-0.15, -0.1) is 0 Å². The topological polar surface area (TPSA) is 99.0 Å². The van der Waals surface area contributed by atoms with Gasteiger partial charge in [-0.05, 0) is 54.1 Å². The van der Waals surface area contributed by atoms with Crippen LogP contribution in [-0.4, -0.2) is 28.1 Å². The molecule has 1 heterocycles. The molecule has 1 saturated heterocycles. The second-order valence-corrected chi connectivity index (χ2v) is 8.83. The molecule has 3 aromatic rings. The van der Waals surface area contributed by atoms with E-state index in [1.165, 1.54) is 18.1 Å². The number of carbonyl (C=O) groups is 2. The first-order chi connectivity index (χ1) is 16.9. The molecule has 0 radical (unpaired) electrons. The number of hydrogen-bond acceptors (Lipinski definition) is 7. The molecule has 35 heavy (non-hydrogen) atoms. The van der Waals surface area contributed by atoms with Gasteiger partial charge in [0.05, 0.1) is 29.0 Å². The van der Waals surface area contributed by atoms with Crippen LogP contribution in [0.3, 0.4) is 0 Å². The van der Waals surface area contributed by atoms with E-state index in [9.17, 15) is 19.7 Å². The van der Waals surface area contributed by atoms with Crippen molar-refractivity contribution in [1.82, 2.24) is 4.90 Å². The standard InChI is InChI=1S/C26H22N2O6S/c1-17-6-5-7-19(12-17)15-27-25(29)24(35-26(27)30)14-18-10-11-22(23(13-18)33-2)34-16-20-8-3-4-9-21(20)28(31)32/h3-14H,15-16H2,1-2H3/b24-14-. The Morgan fingerprint density at radius 1 is 1.03 bits per heavy atom. The van der Waals surface area contributed by atoms with Gasteiger partial charge in [-0.1, -0.05) is 48.0 Å². The van der Waals surface area contributed by atoms with E-state index in [0.29, 0.717) is 27.5 Å². The lowest BCUT2D eigenvalue weighted by Gasteiger charge is -2.13. The van der Waals surface area contributed by atoms with Gasteiger partial charge >= 0.3 is 0 Å². The Labute approximate surface area is 206 Å². The monoisotopic (exact) mass is 490 g/mol. The number of rotatable bonds is 8. The molecule has 0 atom stereocenters. The minimum atomic E-state index is -0.453. The maximum absolute atomic E-state index is 12.9. The highest BCUT2D eigenvalue weighted by Crippen LogP contribution is 2.35. The number of ether oxygens (including phenoxy) is 2. The van der Waals surface area contributed by atoms with E-state index in [1.54, 1.807) is 42.5 Å². The summed E-state index contributed by atoms with van der Waals surface area (Å²) < 4.78 is 11.2. The Morgan fingerprint density at radius 3 is 2.57 bits per heavy atom. The second-order valence-electron chi connectivity index (χ2n) is 7.84. The number of nitro groups is 1. The molecule has 0 aliphatic carbocycles. The molecule has 0 saturated carbocycles. The molecule has 1 fully saturated rings. The first-order valence-electron chi connectivity index (χ1n) is 10.7. The van der Waals surface area contributed by atoms with Crippen molar-refractivity contribution in [2.24, 2.45) is 0 Å². The average molecular weight is 491 g/mol. The number of amides is 2. The van der Waals surface area contributed by atoms with Gasteiger partial charge in [-0.3, -0.25) is 24.6 Å². The molecule has 1 aliphatic heterocycles. The molecule has 9 heteroatoms. The van der Waals surface area contributed by atoms with E-state index in [-0.39, 0.29) is 30.0 Å². The van der Waals surface area contributed by atoms with E-state index < -0.39 is 4.92 Å². The van der Waals surface area contributed by atoms with Crippen molar-refractivity contribution in [3.05, 3.63) is 104 Å². The number of aryl methyl sites for hydroxylation is 1. The van der Waals surface area contributed by atoms with Crippen LogP contribution in [0.25, 0.3) is 6.08 Å². The summed E-state index contributed by atoms with van der Waals surface area (Å²) in [6.45, 7) is 2.16. The summed E-state index contributed by atoms with van der Waals surface area (Å²) in [5, 5.41) is 10.9. The van der Waals surface area contributed by atoms with Gasteiger partial charge in [-0.25, -0.2) is 0 Å². The largest absolute Gasteiger partial charge is 0.493 e. The van der Waals surface area contributed by atoms with Crippen molar-refractivity contribution < 1.29 is 24.0 Å². The number of nitrogens with zero attached hydrogens (tertiary/aromatic N) is 2. The third-order valence-electron chi connectivity index (χ3n) is 5.35. The Bertz CT molecular complexity index is 1340. The van der Waals surface area contributed by atoms with Gasteiger partial charge in [0.1, 0.15) is 6.61 Å². The lowest BCUT2D eigenvalue weighted by molar-refractivity contribution is -0.385. The number of imide groups is 1. The summed E-state index contributed by atoms with van der Waals surface area (Å²) in [5.74, 6) is 0.448. The van der Waals surface area contributed by atoms with E-state index in [2.05, 4.69) is 0 Å². The number of hydrogen-bond donors (Lipinski definition) is 0. The third-order valence-corrected chi connectivity index (χ3v) is 6.26. The van der Waals surface area contributed by atoms with Crippen molar-refractivity contribution in [2.45, 2.75) is 20.1 Å². The zero-order chi connectivity index (χ0) is 24.9. The highest BCUT2D eigenvalue weighted by molar-refractivity contribution is 8.18. The maximum atomic E-state index is 12.9. The lowest BCUT2D eigenvalue weighted by Crippen LogP contribution is -2.27. The minimum absolute atomic E-state index is 0.00922. The summed E-state index contributed by atoms with van der Waals surface area (Å²) in [5.41, 5.74) is 3.01. The van der Waals surface area contributed by atoms with Crippen LogP contribution in [0, 0.1) is 17.0 Å². The number of methoxy groups -OCH3 is 1. The second kappa shape index (κ2) is 10.4. The van der Waals surface area contributed by atoms with Crippen molar-refractivity contribution in [2.75, 3.05) is 7.11 Å². The minimum Gasteiger partial charge on any atom is -0.493 e. The van der Waals surface area contributed by atoms with Crippen LogP contribution < -0.4 is 9.47 Å². The number of benzene rings is 3. The summed E-state index contributed by atoms with van der Waals surface area (Å²) in [6.07, 6.45) is 1.63. The van der Waals surface area contributed by atoms with E-state index in [4.69, 9.17) is 9.47 Å². The number of para-hydroxylation sites is 1. The van der Waals surface area contributed by atoms with Gasteiger partial charge in [0.25, 0.3) is 16.8 Å². The maximum Gasteiger partial charge on any atom is 0.293 e. The lowest BCUT2D eigenvalue weighted by atomic mass is 10.1. The first-order valence-corrected chi connectivity index (χ1v) is 11.5. The number of carbonyl (C=O) groups excluding carboxylic acids is 2. The Morgan fingerprint density at radius 2 is 1.83 bits per heavy atom. The molecular weight excluding hydrogens is 468 g/mol. The Kier molecular flexibility index (Phi) is 7.17. The summed E-state index contributed by atoms with van der Waals surface area (Å²) >= 11 is 0.892. The predicted octanol–water partition coefficient (Wildman–Crippen LogP) is 5.73. The smallest absolute Gasteiger partial charge is 0.293 e. The molecule has 8 nitrogen and oxygen atoms in total.